The topological polar surface area (TPSA) is 12.0 Å². The van der Waals surface area contributed by atoms with Gasteiger partial charge in [-0.2, -0.15) is 0 Å². The predicted octanol–water partition coefficient (Wildman–Crippen LogP) is 2.94. The molecule has 76 valence electrons. The second kappa shape index (κ2) is 4.32. The van der Waals surface area contributed by atoms with Crippen LogP contribution in [0.15, 0.2) is 24.3 Å². The van der Waals surface area contributed by atoms with Crippen molar-refractivity contribution in [3.8, 4) is 0 Å². The number of hydrogen-bond donors (Lipinski definition) is 1. The van der Waals surface area contributed by atoms with E-state index in [2.05, 4.69) is 12.2 Å². The van der Waals surface area contributed by atoms with E-state index in [0.29, 0.717) is 11.4 Å². The van der Waals surface area contributed by atoms with E-state index in [0.717, 1.165) is 0 Å². The average Bonchev–Trinajstić information content (AvgIpc) is 2.19. The maximum Gasteiger partial charge on any atom is 0.123 e. The molecule has 0 bridgehead atoms. The summed E-state index contributed by atoms with van der Waals surface area (Å²) < 4.78 is 12.7. The maximum atomic E-state index is 12.7. The fraction of sp³-hybridized carbons (Fsp3) is 0.455. The van der Waals surface area contributed by atoms with Crippen molar-refractivity contribution in [2.45, 2.75) is 24.8 Å². The molecule has 2 rings (SSSR count). The minimum absolute atomic E-state index is 0.164. The molecule has 0 radical (unpaired) electrons. The van der Waals surface area contributed by atoms with Crippen LogP contribution in [-0.4, -0.2) is 11.8 Å². The lowest BCUT2D eigenvalue weighted by molar-refractivity contribution is 0.511. The Bertz CT molecular complexity index is 299. The Morgan fingerprint density at radius 3 is 2.71 bits per heavy atom. The highest BCUT2D eigenvalue weighted by atomic mass is 32.2. The molecule has 1 heterocycles. The van der Waals surface area contributed by atoms with Crippen LogP contribution < -0.4 is 5.32 Å². The van der Waals surface area contributed by atoms with Gasteiger partial charge in [0.25, 0.3) is 0 Å². The van der Waals surface area contributed by atoms with Gasteiger partial charge in [-0.1, -0.05) is 12.1 Å². The van der Waals surface area contributed by atoms with Crippen LogP contribution in [0, 0.1) is 5.82 Å². The summed E-state index contributed by atoms with van der Waals surface area (Å²) in [7, 11) is 0. The minimum atomic E-state index is -0.164. The lowest BCUT2D eigenvalue weighted by Crippen LogP contribution is -2.33. The third-order valence-electron chi connectivity index (χ3n) is 2.44. The molecule has 0 aliphatic carbocycles. The Balaban J connectivity index is 2.10. The number of nitrogens with one attached hydrogen (secondary N) is 1. The van der Waals surface area contributed by atoms with Gasteiger partial charge >= 0.3 is 0 Å². The fourth-order valence-corrected chi connectivity index (χ4v) is 2.99. The largest absolute Gasteiger partial charge is 0.299 e. The number of rotatable bonds is 1. The molecule has 0 aromatic heterocycles. The summed E-state index contributed by atoms with van der Waals surface area (Å²) in [6.45, 7) is 2.19. The molecular weight excluding hydrogens is 197 g/mol. The lowest BCUT2D eigenvalue weighted by Gasteiger charge is -2.28. The summed E-state index contributed by atoms with van der Waals surface area (Å²) in [6.07, 6.45) is 1.21. The van der Waals surface area contributed by atoms with Crippen molar-refractivity contribution in [1.29, 1.82) is 0 Å². The Hall–Kier alpha value is -0.540. The number of hydrogen-bond acceptors (Lipinski definition) is 2. The van der Waals surface area contributed by atoms with Gasteiger partial charge < -0.3 is 0 Å². The van der Waals surface area contributed by atoms with Crippen molar-refractivity contribution >= 4 is 11.8 Å². The first-order chi connectivity index (χ1) is 6.75. The molecule has 0 amide bonds. The van der Waals surface area contributed by atoms with Gasteiger partial charge in [-0.05, 0) is 36.8 Å². The average molecular weight is 211 g/mol. The summed E-state index contributed by atoms with van der Waals surface area (Å²) >= 11 is 1.89. The van der Waals surface area contributed by atoms with Crippen molar-refractivity contribution in [2.24, 2.45) is 0 Å². The fourth-order valence-electron chi connectivity index (χ4n) is 1.58. The molecule has 1 N–H and O–H groups in total. The van der Waals surface area contributed by atoms with E-state index in [1.54, 1.807) is 0 Å². The highest BCUT2D eigenvalue weighted by Gasteiger charge is 2.19. The van der Waals surface area contributed by atoms with Gasteiger partial charge in [0.1, 0.15) is 5.82 Å². The summed E-state index contributed by atoms with van der Waals surface area (Å²) in [5.41, 5.74) is 1.17. The van der Waals surface area contributed by atoms with Crippen molar-refractivity contribution in [2.75, 3.05) is 5.75 Å². The van der Waals surface area contributed by atoms with Gasteiger partial charge in [0.15, 0.2) is 0 Å². The number of thioether (sulfide) groups is 1. The molecule has 0 spiro atoms. The normalized spacial score (nSPS) is 27.6. The zero-order valence-corrected chi connectivity index (χ0v) is 8.98. The summed E-state index contributed by atoms with van der Waals surface area (Å²) in [4.78, 5) is 0. The molecular formula is C11H14FNS. The van der Waals surface area contributed by atoms with Gasteiger partial charge in [-0.3, -0.25) is 5.32 Å². The molecule has 1 fully saturated rings. The third kappa shape index (κ3) is 2.28. The quantitative estimate of drug-likeness (QED) is 0.766. The highest BCUT2D eigenvalue weighted by molar-refractivity contribution is 7.99. The number of halogens is 1. The van der Waals surface area contributed by atoms with Gasteiger partial charge in [0, 0.05) is 6.04 Å². The van der Waals surface area contributed by atoms with Crippen LogP contribution in [-0.2, 0) is 0 Å². The second-order valence-corrected chi connectivity index (χ2v) is 4.87. The van der Waals surface area contributed by atoms with Crippen LogP contribution in [0.1, 0.15) is 24.3 Å². The second-order valence-electron chi connectivity index (χ2n) is 3.66. The predicted molar refractivity (Wildman–Crippen MR) is 58.8 cm³/mol. The van der Waals surface area contributed by atoms with E-state index < -0.39 is 0 Å². The summed E-state index contributed by atoms with van der Waals surface area (Å²) in [6, 6.07) is 7.33. The monoisotopic (exact) mass is 211 g/mol. The smallest absolute Gasteiger partial charge is 0.123 e. The Kier molecular flexibility index (Phi) is 3.08. The minimum Gasteiger partial charge on any atom is -0.299 e. The highest BCUT2D eigenvalue weighted by Crippen LogP contribution is 2.31. The lowest BCUT2D eigenvalue weighted by atomic mass is 10.2. The molecule has 1 nitrogen and oxygen atoms in total. The van der Waals surface area contributed by atoms with E-state index >= 15 is 0 Å². The van der Waals surface area contributed by atoms with Crippen molar-refractivity contribution < 1.29 is 4.39 Å². The molecule has 3 heteroatoms. The van der Waals surface area contributed by atoms with Crippen molar-refractivity contribution in [1.82, 2.24) is 5.32 Å². The van der Waals surface area contributed by atoms with Crippen LogP contribution in [0.4, 0.5) is 4.39 Å². The molecule has 1 aliphatic rings. The SMILES string of the molecule is CC1CCSC(c2ccc(F)cc2)N1. The Morgan fingerprint density at radius 1 is 1.36 bits per heavy atom. The Morgan fingerprint density at radius 2 is 2.07 bits per heavy atom. The van der Waals surface area contributed by atoms with Crippen molar-refractivity contribution in [3.05, 3.63) is 35.6 Å². The summed E-state index contributed by atoms with van der Waals surface area (Å²) in [5.74, 6) is 1.01. The maximum absolute atomic E-state index is 12.7. The van der Waals surface area contributed by atoms with E-state index in [1.807, 2.05) is 23.9 Å². The molecule has 1 saturated heterocycles. The molecule has 1 aliphatic heterocycles. The first-order valence-electron chi connectivity index (χ1n) is 4.89. The molecule has 2 atom stereocenters. The Labute approximate surface area is 88.1 Å². The van der Waals surface area contributed by atoms with E-state index in [9.17, 15) is 4.39 Å². The molecule has 1 aromatic carbocycles. The first-order valence-corrected chi connectivity index (χ1v) is 5.94. The first kappa shape index (κ1) is 9.99. The molecule has 0 saturated carbocycles. The summed E-state index contributed by atoms with van der Waals surface area (Å²) in [5, 5.41) is 3.83. The van der Waals surface area contributed by atoms with Crippen molar-refractivity contribution in [3.63, 3.8) is 0 Å². The zero-order valence-electron chi connectivity index (χ0n) is 8.16. The standard InChI is InChI=1S/C11H14FNS/c1-8-6-7-14-11(13-8)9-2-4-10(12)5-3-9/h2-5,8,11,13H,6-7H2,1H3. The molecule has 1 aromatic rings. The van der Waals surface area contributed by atoms with Crippen LogP contribution in [0.3, 0.4) is 0 Å². The van der Waals surface area contributed by atoms with Gasteiger partial charge in [0.2, 0.25) is 0 Å². The van der Waals surface area contributed by atoms with Gasteiger partial charge in [0.05, 0.1) is 5.37 Å². The van der Waals surface area contributed by atoms with Crippen LogP contribution in [0.2, 0.25) is 0 Å². The molecule has 2 unspecified atom stereocenters. The van der Waals surface area contributed by atoms with Gasteiger partial charge in [-0.15, -0.1) is 11.8 Å². The van der Waals surface area contributed by atoms with Gasteiger partial charge in [-0.25, -0.2) is 4.39 Å². The van der Waals surface area contributed by atoms with E-state index in [4.69, 9.17) is 0 Å². The van der Waals surface area contributed by atoms with E-state index in [1.165, 1.54) is 29.9 Å². The van der Waals surface area contributed by atoms with Crippen LogP contribution >= 0.6 is 11.8 Å². The van der Waals surface area contributed by atoms with Crippen LogP contribution in [0.5, 0.6) is 0 Å². The third-order valence-corrected chi connectivity index (χ3v) is 3.66. The van der Waals surface area contributed by atoms with Crippen LogP contribution in [0.25, 0.3) is 0 Å². The zero-order chi connectivity index (χ0) is 9.97. The van der Waals surface area contributed by atoms with E-state index in [-0.39, 0.29) is 5.82 Å². The molecule has 14 heavy (non-hydrogen) atoms. The number of benzene rings is 1.